The van der Waals surface area contributed by atoms with Gasteiger partial charge in [-0.3, -0.25) is 14.2 Å². The molecule has 2 saturated carbocycles. The molecule has 2 aromatic rings. The van der Waals surface area contributed by atoms with Crippen molar-refractivity contribution in [3.63, 3.8) is 0 Å². The molecule has 1 amide bonds. The maximum Gasteiger partial charge on any atom is 0.283 e. The van der Waals surface area contributed by atoms with Crippen LogP contribution >= 0.6 is 0 Å². The van der Waals surface area contributed by atoms with Gasteiger partial charge in [-0.15, -0.1) is 0 Å². The van der Waals surface area contributed by atoms with E-state index in [0.29, 0.717) is 11.6 Å². The summed E-state index contributed by atoms with van der Waals surface area (Å²) < 4.78 is 30.4. The molecule has 134 valence electrons. The van der Waals surface area contributed by atoms with Gasteiger partial charge in [-0.2, -0.15) is 10.2 Å². The average Bonchev–Trinajstić information content (AvgIpc) is 2.98. The first-order valence-electron chi connectivity index (χ1n) is 8.59. The van der Waals surface area contributed by atoms with Gasteiger partial charge in [-0.05, 0) is 31.6 Å². The Labute approximate surface area is 146 Å². The summed E-state index contributed by atoms with van der Waals surface area (Å²) in [4.78, 5) is 12.6. The molecular formula is C16H21N5O3S. The number of aryl methyl sites for hydroxylation is 1. The zero-order chi connectivity index (χ0) is 17.6. The molecule has 0 atom stereocenters. The van der Waals surface area contributed by atoms with Crippen molar-refractivity contribution in [2.75, 3.05) is 0 Å². The largest absolute Gasteiger partial charge is 0.283 e. The first kappa shape index (κ1) is 16.3. The monoisotopic (exact) mass is 363 g/mol. The zero-order valence-electron chi connectivity index (χ0n) is 14.1. The minimum Gasteiger partial charge on any atom is -0.268 e. The third-order valence-corrected chi connectivity index (χ3v) is 6.30. The lowest BCUT2D eigenvalue weighted by Gasteiger charge is -2.09. The summed E-state index contributed by atoms with van der Waals surface area (Å²) in [6, 6.07) is 0.248. The Kier molecular flexibility index (Phi) is 3.90. The van der Waals surface area contributed by atoms with E-state index in [1.807, 2.05) is 0 Å². The van der Waals surface area contributed by atoms with Crippen LogP contribution in [0.5, 0.6) is 0 Å². The van der Waals surface area contributed by atoms with Gasteiger partial charge in [-0.1, -0.05) is 12.8 Å². The van der Waals surface area contributed by atoms with Gasteiger partial charge in [0, 0.05) is 18.8 Å². The van der Waals surface area contributed by atoms with Crippen LogP contribution in [0.1, 0.15) is 66.5 Å². The number of amides is 1. The van der Waals surface area contributed by atoms with Gasteiger partial charge in [0.1, 0.15) is 10.6 Å². The molecule has 0 radical (unpaired) electrons. The van der Waals surface area contributed by atoms with E-state index in [9.17, 15) is 13.2 Å². The standard InChI is InChI=1S/C16H21N5O3S/c1-20-15(14(9-17-20)11-6-7-11)16(22)19-25(23,24)13-8-18-21(10-13)12-4-2-3-5-12/h8-12H,2-7H2,1H3,(H,19,22). The van der Waals surface area contributed by atoms with Crippen LogP contribution in [0.2, 0.25) is 0 Å². The summed E-state index contributed by atoms with van der Waals surface area (Å²) in [5, 5.41) is 8.28. The molecule has 0 saturated heterocycles. The summed E-state index contributed by atoms with van der Waals surface area (Å²) >= 11 is 0. The van der Waals surface area contributed by atoms with E-state index in [-0.39, 0.29) is 10.9 Å². The van der Waals surface area contributed by atoms with Crippen molar-refractivity contribution in [1.82, 2.24) is 24.3 Å². The number of aromatic nitrogens is 4. The van der Waals surface area contributed by atoms with Gasteiger partial charge < -0.3 is 0 Å². The fourth-order valence-corrected chi connectivity index (χ4v) is 4.37. The number of hydrogen-bond donors (Lipinski definition) is 1. The van der Waals surface area contributed by atoms with Crippen LogP contribution in [0, 0.1) is 0 Å². The number of hydrogen-bond acceptors (Lipinski definition) is 5. The van der Waals surface area contributed by atoms with Crippen molar-refractivity contribution in [2.24, 2.45) is 7.05 Å². The van der Waals surface area contributed by atoms with E-state index >= 15 is 0 Å². The summed E-state index contributed by atoms with van der Waals surface area (Å²) in [5.74, 6) is -0.335. The molecule has 25 heavy (non-hydrogen) atoms. The zero-order valence-corrected chi connectivity index (χ0v) is 14.9. The van der Waals surface area contributed by atoms with E-state index < -0.39 is 15.9 Å². The van der Waals surface area contributed by atoms with Crippen LogP contribution in [0.25, 0.3) is 0 Å². The molecule has 2 fully saturated rings. The van der Waals surface area contributed by atoms with Crippen LogP contribution in [0.3, 0.4) is 0 Å². The smallest absolute Gasteiger partial charge is 0.268 e. The Hall–Kier alpha value is -2.16. The normalized spacial score (nSPS) is 18.6. The van der Waals surface area contributed by atoms with Crippen LogP contribution < -0.4 is 4.72 Å². The van der Waals surface area contributed by atoms with E-state index in [0.717, 1.165) is 44.1 Å². The van der Waals surface area contributed by atoms with Crippen molar-refractivity contribution >= 4 is 15.9 Å². The Morgan fingerprint density at radius 2 is 1.88 bits per heavy atom. The Morgan fingerprint density at radius 1 is 1.16 bits per heavy atom. The molecule has 1 N–H and O–H groups in total. The topological polar surface area (TPSA) is 98.9 Å². The molecule has 0 spiro atoms. The summed E-state index contributed by atoms with van der Waals surface area (Å²) in [6.45, 7) is 0. The average molecular weight is 363 g/mol. The maximum atomic E-state index is 12.6. The van der Waals surface area contributed by atoms with Gasteiger partial charge in [-0.25, -0.2) is 13.1 Å². The van der Waals surface area contributed by atoms with E-state index in [1.54, 1.807) is 17.9 Å². The molecule has 0 aromatic carbocycles. The van der Waals surface area contributed by atoms with E-state index in [1.165, 1.54) is 17.1 Å². The Bertz CT molecular complexity index is 904. The van der Waals surface area contributed by atoms with Crippen LogP contribution in [-0.4, -0.2) is 33.9 Å². The van der Waals surface area contributed by atoms with Crippen molar-refractivity contribution in [2.45, 2.75) is 55.4 Å². The summed E-state index contributed by atoms with van der Waals surface area (Å²) in [5.41, 5.74) is 1.13. The number of nitrogens with one attached hydrogen (secondary N) is 1. The number of carbonyl (C=O) groups excluding carboxylic acids is 1. The molecule has 8 nitrogen and oxygen atoms in total. The Morgan fingerprint density at radius 3 is 2.56 bits per heavy atom. The second-order valence-corrected chi connectivity index (χ2v) is 8.56. The first-order chi connectivity index (χ1) is 12.0. The second-order valence-electron chi connectivity index (χ2n) is 6.88. The predicted molar refractivity (Wildman–Crippen MR) is 89.6 cm³/mol. The van der Waals surface area contributed by atoms with Gasteiger partial charge in [0.05, 0.1) is 18.4 Å². The number of nitrogens with zero attached hydrogens (tertiary/aromatic N) is 4. The predicted octanol–water partition coefficient (Wildman–Crippen LogP) is 1.73. The van der Waals surface area contributed by atoms with Gasteiger partial charge >= 0.3 is 0 Å². The van der Waals surface area contributed by atoms with Crippen molar-refractivity contribution in [3.8, 4) is 0 Å². The molecule has 0 aliphatic heterocycles. The van der Waals surface area contributed by atoms with Crippen LogP contribution in [0.15, 0.2) is 23.5 Å². The van der Waals surface area contributed by atoms with Gasteiger partial charge in [0.2, 0.25) is 0 Å². The van der Waals surface area contributed by atoms with E-state index in [4.69, 9.17) is 0 Å². The third-order valence-electron chi connectivity index (χ3n) is 5.01. The highest BCUT2D eigenvalue weighted by Crippen LogP contribution is 2.41. The molecule has 2 aromatic heterocycles. The molecule has 0 bridgehead atoms. The molecule has 0 unspecified atom stereocenters. The highest BCUT2D eigenvalue weighted by molar-refractivity contribution is 7.90. The quantitative estimate of drug-likeness (QED) is 0.872. The van der Waals surface area contributed by atoms with Crippen molar-refractivity contribution in [3.05, 3.63) is 29.8 Å². The lowest BCUT2D eigenvalue weighted by Crippen LogP contribution is -2.32. The summed E-state index contributed by atoms with van der Waals surface area (Å²) in [6.07, 6.45) is 10.8. The molecule has 2 aliphatic carbocycles. The highest BCUT2D eigenvalue weighted by atomic mass is 32.2. The summed E-state index contributed by atoms with van der Waals surface area (Å²) in [7, 11) is -2.31. The molecule has 9 heteroatoms. The van der Waals surface area contributed by atoms with Crippen molar-refractivity contribution < 1.29 is 13.2 Å². The van der Waals surface area contributed by atoms with Gasteiger partial charge in [0.15, 0.2) is 0 Å². The van der Waals surface area contributed by atoms with Crippen LogP contribution in [0.4, 0.5) is 0 Å². The number of rotatable bonds is 5. The van der Waals surface area contributed by atoms with E-state index in [2.05, 4.69) is 14.9 Å². The first-order valence-corrected chi connectivity index (χ1v) is 10.1. The maximum absolute atomic E-state index is 12.6. The van der Waals surface area contributed by atoms with Gasteiger partial charge in [0.25, 0.3) is 15.9 Å². The van der Waals surface area contributed by atoms with Crippen LogP contribution in [-0.2, 0) is 17.1 Å². The fourth-order valence-electron chi connectivity index (χ4n) is 3.48. The SMILES string of the molecule is Cn1ncc(C2CC2)c1C(=O)NS(=O)(=O)c1cnn(C2CCCC2)c1. The Balaban J connectivity index is 1.55. The third kappa shape index (κ3) is 3.08. The molecular weight excluding hydrogens is 342 g/mol. The number of carbonyl (C=O) groups is 1. The second kappa shape index (κ2) is 5.98. The molecule has 4 rings (SSSR count). The lowest BCUT2D eigenvalue weighted by molar-refractivity contribution is 0.0971. The molecule has 2 heterocycles. The molecule has 2 aliphatic rings. The minimum atomic E-state index is -3.96. The number of sulfonamides is 1. The highest BCUT2D eigenvalue weighted by Gasteiger charge is 2.32. The lowest BCUT2D eigenvalue weighted by atomic mass is 10.1. The fraction of sp³-hybridized carbons (Fsp3) is 0.562. The van der Waals surface area contributed by atoms with Crippen molar-refractivity contribution in [1.29, 1.82) is 0 Å². The minimum absolute atomic E-state index is 0.0166.